The molecule has 1 atom stereocenters. The highest BCUT2D eigenvalue weighted by Crippen LogP contribution is 2.32. The Morgan fingerprint density at radius 1 is 1.09 bits per heavy atom. The lowest BCUT2D eigenvalue weighted by Gasteiger charge is -2.10. The molecule has 0 saturated heterocycles. The highest BCUT2D eigenvalue weighted by Gasteiger charge is 2.16. The molecule has 0 aliphatic carbocycles. The molecule has 1 unspecified atom stereocenters. The Bertz CT molecular complexity index is 658. The van der Waals surface area contributed by atoms with Crippen molar-refractivity contribution >= 4 is 31.0 Å². The molecule has 0 aliphatic rings. The zero-order chi connectivity index (χ0) is 16.7. The van der Waals surface area contributed by atoms with E-state index in [9.17, 15) is 4.79 Å². The topological polar surface area (TPSA) is 44.8 Å². The number of ether oxygens (including phenoxy) is 3. The smallest absolute Gasteiger partial charge is 0.190 e. The van der Waals surface area contributed by atoms with Gasteiger partial charge in [0.25, 0.3) is 0 Å². The predicted molar refractivity (Wildman–Crippen MR) is 94.1 cm³/mol. The van der Waals surface area contributed by atoms with Crippen molar-refractivity contribution in [2.45, 2.75) is 0 Å². The quantitative estimate of drug-likeness (QED) is 0.538. The summed E-state index contributed by atoms with van der Waals surface area (Å²) in [6.07, 6.45) is 0. The third kappa shape index (κ3) is 4.93. The maximum absolute atomic E-state index is 12.5. The summed E-state index contributed by atoms with van der Waals surface area (Å²) >= 11 is 6.14. The van der Waals surface area contributed by atoms with Crippen LogP contribution in [0, 0.1) is 0 Å². The Balaban J connectivity index is 2.06. The Labute approximate surface area is 142 Å². The molecule has 0 heterocycles. The lowest BCUT2D eigenvalue weighted by Crippen LogP contribution is -2.06. The monoisotopic (exact) mass is 352 g/mol. The molecule has 0 amide bonds. The van der Waals surface area contributed by atoms with Crippen LogP contribution in [0.1, 0.15) is 10.4 Å². The number of hydrogen-bond acceptors (Lipinski definition) is 4. The van der Waals surface area contributed by atoms with Crippen LogP contribution < -0.4 is 14.8 Å². The van der Waals surface area contributed by atoms with Gasteiger partial charge in [0.15, 0.2) is 5.52 Å². The molecule has 0 radical (unpaired) electrons. The van der Waals surface area contributed by atoms with Gasteiger partial charge in [-0.25, -0.2) is 0 Å². The van der Waals surface area contributed by atoms with Gasteiger partial charge >= 0.3 is 0 Å². The van der Waals surface area contributed by atoms with Crippen LogP contribution in [0.3, 0.4) is 0 Å². The van der Waals surface area contributed by atoms with Gasteiger partial charge in [-0.2, -0.15) is 0 Å². The Hall–Kier alpha value is -1.61. The third-order valence-corrected chi connectivity index (χ3v) is 4.50. The fourth-order valence-corrected chi connectivity index (χ4v) is 3.28. The first-order chi connectivity index (χ1) is 11.2. The SMILES string of the molecule is COCCOc1ccc(PC(=O)c2c(Cl)cccc2OC)cc1. The molecule has 2 aromatic rings. The van der Waals surface area contributed by atoms with E-state index in [1.165, 1.54) is 7.11 Å². The average Bonchev–Trinajstić information content (AvgIpc) is 2.56. The number of carbonyl (C=O) groups is 1. The van der Waals surface area contributed by atoms with E-state index < -0.39 is 0 Å². The summed E-state index contributed by atoms with van der Waals surface area (Å²) in [5.74, 6) is 1.24. The normalized spacial score (nSPS) is 10.9. The molecule has 0 aromatic heterocycles. The molecule has 2 rings (SSSR count). The second-order valence-corrected chi connectivity index (χ2v) is 6.33. The first kappa shape index (κ1) is 17.7. The Kier molecular flexibility index (Phi) is 6.85. The molecule has 0 spiro atoms. The second kappa shape index (κ2) is 8.88. The van der Waals surface area contributed by atoms with E-state index >= 15 is 0 Å². The predicted octanol–water partition coefficient (Wildman–Crippen LogP) is 3.52. The zero-order valence-corrected chi connectivity index (χ0v) is 14.7. The molecule has 0 saturated carbocycles. The van der Waals surface area contributed by atoms with E-state index in [1.54, 1.807) is 25.3 Å². The number of hydrogen-bond donors (Lipinski definition) is 0. The standard InChI is InChI=1S/C17H18ClO4P/c1-20-10-11-22-12-6-8-13(9-7-12)23-17(19)16-14(18)4-3-5-15(16)21-2/h3-9,23H,10-11H2,1-2H3. The van der Waals surface area contributed by atoms with Gasteiger partial charge in [0.1, 0.15) is 18.1 Å². The first-order valence-corrected chi connectivity index (χ1v) is 8.39. The van der Waals surface area contributed by atoms with E-state index in [-0.39, 0.29) is 14.1 Å². The minimum Gasteiger partial charge on any atom is -0.496 e. The first-order valence-electron chi connectivity index (χ1n) is 7.01. The second-order valence-electron chi connectivity index (χ2n) is 4.64. The van der Waals surface area contributed by atoms with Gasteiger partial charge in [0, 0.05) is 7.11 Å². The maximum Gasteiger partial charge on any atom is 0.190 e. The van der Waals surface area contributed by atoms with Gasteiger partial charge in [-0.05, 0) is 38.2 Å². The summed E-state index contributed by atoms with van der Waals surface area (Å²) in [7, 11) is 3.12. The number of methoxy groups -OCH3 is 2. The minimum atomic E-state index is -0.0551. The van der Waals surface area contributed by atoms with Gasteiger partial charge < -0.3 is 14.2 Å². The van der Waals surface area contributed by atoms with E-state index in [4.69, 9.17) is 25.8 Å². The van der Waals surface area contributed by atoms with Crippen LogP contribution in [0.15, 0.2) is 42.5 Å². The van der Waals surface area contributed by atoms with Crippen molar-refractivity contribution in [2.75, 3.05) is 27.4 Å². The van der Waals surface area contributed by atoms with E-state index in [1.807, 2.05) is 24.3 Å². The van der Waals surface area contributed by atoms with E-state index in [0.717, 1.165) is 11.1 Å². The Morgan fingerprint density at radius 2 is 1.83 bits per heavy atom. The van der Waals surface area contributed by atoms with Crippen LogP contribution in [0.2, 0.25) is 5.02 Å². The van der Waals surface area contributed by atoms with Crippen molar-refractivity contribution in [3.63, 3.8) is 0 Å². The third-order valence-electron chi connectivity index (χ3n) is 3.09. The van der Waals surface area contributed by atoms with Gasteiger partial charge in [0.05, 0.1) is 24.3 Å². The molecule has 2 aromatic carbocycles. The molecule has 122 valence electrons. The van der Waals surface area contributed by atoms with E-state index in [0.29, 0.717) is 29.5 Å². The van der Waals surface area contributed by atoms with Crippen LogP contribution >= 0.6 is 20.2 Å². The van der Waals surface area contributed by atoms with Crippen LogP contribution in [0.4, 0.5) is 0 Å². The van der Waals surface area contributed by atoms with Crippen LogP contribution in [0.5, 0.6) is 11.5 Å². The molecule has 4 nitrogen and oxygen atoms in total. The van der Waals surface area contributed by atoms with Gasteiger partial charge in [-0.15, -0.1) is 0 Å². The van der Waals surface area contributed by atoms with Crippen LogP contribution in [-0.4, -0.2) is 33.0 Å². The van der Waals surface area contributed by atoms with Crippen molar-refractivity contribution in [2.24, 2.45) is 0 Å². The zero-order valence-electron chi connectivity index (χ0n) is 13.0. The highest BCUT2D eigenvalue weighted by molar-refractivity contribution is 7.66. The molecular weight excluding hydrogens is 335 g/mol. The Morgan fingerprint density at radius 3 is 2.48 bits per heavy atom. The lowest BCUT2D eigenvalue weighted by atomic mass is 10.2. The summed E-state index contributed by atoms with van der Waals surface area (Å²) in [6.45, 7) is 1.03. The van der Waals surface area contributed by atoms with Gasteiger partial charge in [0.2, 0.25) is 0 Å². The van der Waals surface area contributed by atoms with E-state index in [2.05, 4.69) is 0 Å². The summed E-state index contributed by atoms with van der Waals surface area (Å²) in [4.78, 5) is 12.5. The molecule has 0 N–H and O–H groups in total. The molecule has 0 bridgehead atoms. The highest BCUT2D eigenvalue weighted by atomic mass is 35.5. The maximum atomic E-state index is 12.5. The summed E-state index contributed by atoms with van der Waals surface area (Å²) < 4.78 is 15.7. The molecule has 6 heteroatoms. The van der Waals surface area contributed by atoms with Crippen molar-refractivity contribution in [1.82, 2.24) is 0 Å². The van der Waals surface area contributed by atoms with Crippen molar-refractivity contribution in [1.29, 1.82) is 0 Å². The number of benzene rings is 2. The molecular formula is C17H18ClO4P. The fraction of sp³-hybridized carbons (Fsp3) is 0.235. The number of rotatable bonds is 8. The van der Waals surface area contributed by atoms with Crippen LogP contribution in [-0.2, 0) is 4.74 Å². The fourth-order valence-electron chi connectivity index (χ4n) is 1.97. The lowest BCUT2D eigenvalue weighted by molar-refractivity contribution is 0.108. The van der Waals surface area contributed by atoms with Crippen molar-refractivity contribution in [3.05, 3.63) is 53.1 Å². The molecule has 0 fully saturated rings. The number of halogens is 1. The molecule has 23 heavy (non-hydrogen) atoms. The summed E-state index contributed by atoms with van der Waals surface area (Å²) in [5.41, 5.74) is 0.371. The minimum absolute atomic E-state index is 0.0333. The summed E-state index contributed by atoms with van der Waals surface area (Å²) in [6, 6.07) is 12.6. The summed E-state index contributed by atoms with van der Waals surface area (Å²) in [5, 5.41) is 1.32. The number of carbonyl (C=O) groups excluding carboxylic acids is 1. The van der Waals surface area contributed by atoms with Crippen molar-refractivity contribution < 1.29 is 19.0 Å². The van der Waals surface area contributed by atoms with Gasteiger partial charge in [-0.3, -0.25) is 4.79 Å². The largest absolute Gasteiger partial charge is 0.496 e. The average molecular weight is 353 g/mol. The van der Waals surface area contributed by atoms with Crippen LogP contribution in [0.25, 0.3) is 0 Å². The molecule has 0 aliphatic heterocycles. The van der Waals surface area contributed by atoms with Crippen molar-refractivity contribution in [3.8, 4) is 11.5 Å². The van der Waals surface area contributed by atoms with Gasteiger partial charge in [-0.1, -0.05) is 29.8 Å².